The Morgan fingerprint density at radius 1 is 1.21 bits per heavy atom. The molecule has 0 aliphatic carbocycles. The first-order chi connectivity index (χ1) is 13.3. The van der Waals surface area contributed by atoms with Crippen LogP contribution >= 0.6 is 11.3 Å². The lowest BCUT2D eigenvalue weighted by molar-refractivity contribution is -0.131. The van der Waals surface area contributed by atoms with Gasteiger partial charge >= 0.3 is 0 Å². The van der Waals surface area contributed by atoms with E-state index in [1.807, 2.05) is 17.0 Å². The van der Waals surface area contributed by atoms with E-state index in [0.29, 0.717) is 18.8 Å². The number of benzene rings is 1. The van der Waals surface area contributed by atoms with E-state index in [0.717, 1.165) is 24.3 Å². The summed E-state index contributed by atoms with van der Waals surface area (Å²) in [5.41, 5.74) is 2.38. The second-order valence-electron chi connectivity index (χ2n) is 8.24. The van der Waals surface area contributed by atoms with Crippen molar-refractivity contribution >= 4 is 17.2 Å². The normalized spacial score (nSPS) is 15.1. The molecule has 152 valence electrons. The Hall–Kier alpha value is -2.05. The number of nitrogens with zero attached hydrogens (tertiary/aromatic N) is 1. The van der Waals surface area contributed by atoms with Crippen molar-refractivity contribution in [2.45, 2.75) is 39.8 Å². The van der Waals surface area contributed by atoms with Crippen LogP contribution in [-0.2, 0) is 17.8 Å². The molecule has 0 saturated carbocycles. The number of rotatable bonds is 6. The van der Waals surface area contributed by atoms with E-state index in [4.69, 9.17) is 9.47 Å². The number of hydrogen-bond acceptors (Lipinski definition) is 5. The molecule has 1 aliphatic rings. The lowest BCUT2D eigenvalue weighted by atomic mass is 9.86. The van der Waals surface area contributed by atoms with Crippen molar-refractivity contribution in [3.63, 3.8) is 0 Å². The van der Waals surface area contributed by atoms with Crippen LogP contribution in [-0.4, -0.2) is 38.1 Å². The van der Waals surface area contributed by atoms with E-state index in [1.165, 1.54) is 10.4 Å². The van der Waals surface area contributed by atoms with Gasteiger partial charge in [-0.2, -0.15) is 0 Å². The minimum absolute atomic E-state index is 0.0313. The molecule has 1 unspecified atom stereocenters. The molecule has 3 rings (SSSR count). The van der Waals surface area contributed by atoms with Crippen LogP contribution in [0.1, 0.15) is 42.8 Å². The molecule has 1 N–H and O–H groups in total. The number of amides is 1. The Balaban J connectivity index is 1.67. The first kappa shape index (κ1) is 20.7. The maximum absolute atomic E-state index is 12.9. The highest BCUT2D eigenvalue weighted by Crippen LogP contribution is 2.35. The molecule has 1 aliphatic heterocycles. The van der Waals surface area contributed by atoms with Gasteiger partial charge in [0.15, 0.2) is 11.5 Å². The van der Waals surface area contributed by atoms with Gasteiger partial charge in [0, 0.05) is 24.0 Å². The zero-order chi connectivity index (χ0) is 20.3. The number of ether oxygens (including phenoxy) is 2. The first-order valence-electron chi connectivity index (χ1n) is 9.62. The van der Waals surface area contributed by atoms with Crippen molar-refractivity contribution in [3.8, 4) is 11.5 Å². The summed E-state index contributed by atoms with van der Waals surface area (Å²) in [5, 5.41) is 5.58. The molecule has 1 aromatic heterocycles. The second kappa shape index (κ2) is 8.53. The summed E-state index contributed by atoms with van der Waals surface area (Å²) in [6.45, 7) is 8.27. The molecule has 0 radical (unpaired) electrons. The molecule has 6 heteroatoms. The lowest BCUT2D eigenvalue weighted by Gasteiger charge is -2.33. The highest BCUT2D eigenvalue weighted by atomic mass is 32.1. The fraction of sp³-hybridized carbons (Fsp3) is 0.500. The molecule has 1 amide bonds. The topological polar surface area (TPSA) is 50.8 Å². The van der Waals surface area contributed by atoms with Gasteiger partial charge in [-0.05, 0) is 46.5 Å². The number of methoxy groups -OCH3 is 2. The number of carbonyl (C=O) groups excluding carboxylic acids is 1. The van der Waals surface area contributed by atoms with Gasteiger partial charge in [-0.1, -0.05) is 26.8 Å². The van der Waals surface area contributed by atoms with Gasteiger partial charge in [-0.15, -0.1) is 11.3 Å². The summed E-state index contributed by atoms with van der Waals surface area (Å²) in [6.07, 6.45) is 0.828. The van der Waals surface area contributed by atoms with E-state index in [9.17, 15) is 4.79 Å². The number of carbonyl (C=O) groups is 1. The third kappa shape index (κ3) is 4.50. The number of thiophene rings is 1. The average Bonchev–Trinajstić information content (AvgIpc) is 3.19. The van der Waals surface area contributed by atoms with Crippen molar-refractivity contribution in [2.75, 3.05) is 27.3 Å². The third-order valence-electron chi connectivity index (χ3n) is 5.22. The highest BCUT2D eigenvalue weighted by Gasteiger charge is 2.29. The molecule has 2 heterocycles. The van der Waals surface area contributed by atoms with Gasteiger partial charge < -0.3 is 19.7 Å². The second-order valence-corrected chi connectivity index (χ2v) is 9.22. The summed E-state index contributed by atoms with van der Waals surface area (Å²) < 4.78 is 10.8. The van der Waals surface area contributed by atoms with Gasteiger partial charge in [-0.25, -0.2) is 0 Å². The van der Waals surface area contributed by atoms with E-state index in [1.54, 1.807) is 25.6 Å². The van der Waals surface area contributed by atoms with Crippen LogP contribution in [0.25, 0.3) is 0 Å². The maximum atomic E-state index is 12.9. The van der Waals surface area contributed by atoms with Crippen molar-refractivity contribution in [2.24, 2.45) is 5.41 Å². The molecule has 1 atom stereocenters. The third-order valence-corrected chi connectivity index (χ3v) is 6.16. The predicted molar refractivity (Wildman–Crippen MR) is 113 cm³/mol. The molecule has 2 aromatic rings. The standard InChI is InChI=1S/C22H30N2O3S/c1-22(2,3)21(19-7-6-10-28-19)23-13-20(25)24-9-8-15-11-17(26-4)18(27-5)12-16(15)14-24/h6-7,10-12,21,23H,8-9,13-14H2,1-5H3. The summed E-state index contributed by atoms with van der Waals surface area (Å²) in [6, 6.07) is 8.36. The molecule has 0 saturated heterocycles. The first-order valence-corrected chi connectivity index (χ1v) is 10.5. The van der Waals surface area contributed by atoms with Gasteiger partial charge in [0.25, 0.3) is 0 Å². The zero-order valence-corrected chi connectivity index (χ0v) is 18.2. The summed E-state index contributed by atoms with van der Waals surface area (Å²) in [7, 11) is 3.28. The Morgan fingerprint density at radius 2 is 1.89 bits per heavy atom. The zero-order valence-electron chi connectivity index (χ0n) is 17.4. The van der Waals surface area contributed by atoms with Crippen LogP contribution in [0.4, 0.5) is 0 Å². The van der Waals surface area contributed by atoms with Crippen LogP contribution in [0.3, 0.4) is 0 Å². The molecule has 5 nitrogen and oxygen atoms in total. The predicted octanol–water partition coefficient (Wildman–Crippen LogP) is 4.03. The number of fused-ring (bicyclic) bond motifs is 1. The summed E-state index contributed by atoms with van der Waals surface area (Å²) in [5.74, 6) is 1.58. The smallest absolute Gasteiger partial charge is 0.236 e. The quantitative estimate of drug-likeness (QED) is 0.793. The minimum Gasteiger partial charge on any atom is -0.493 e. The number of hydrogen-bond donors (Lipinski definition) is 1. The molecular weight excluding hydrogens is 372 g/mol. The molecular formula is C22H30N2O3S. The van der Waals surface area contributed by atoms with Crippen molar-refractivity contribution < 1.29 is 14.3 Å². The van der Waals surface area contributed by atoms with Crippen molar-refractivity contribution in [3.05, 3.63) is 45.6 Å². The Bertz CT molecular complexity index is 812. The van der Waals surface area contributed by atoms with Gasteiger partial charge in [-0.3, -0.25) is 4.79 Å². The molecule has 0 bridgehead atoms. The average molecular weight is 403 g/mol. The maximum Gasteiger partial charge on any atom is 0.236 e. The molecule has 0 fully saturated rings. The summed E-state index contributed by atoms with van der Waals surface area (Å²) >= 11 is 1.73. The van der Waals surface area contributed by atoms with E-state index in [-0.39, 0.29) is 17.4 Å². The highest BCUT2D eigenvalue weighted by molar-refractivity contribution is 7.10. The van der Waals surface area contributed by atoms with Crippen LogP contribution in [0.15, 0.2) is 29.6 Å². The van der Waals surface area contributed by atoms with Crippen LogP contribution < -0.4 is 14.8 Å². The lowest BCUT2D eigenvalue weighted by Crippen LogP contribution is -2.43. The Morgan fingerprint density at radius 3 is 2.46 bits per heavy atom. The molecule has 0 spiro atoms. The van der Waals surface area contributed by atoms with E-state index >= 15 is 0 Å². The fourth-order valence-electron chi connectivity index (χ4n) is 3.69. The van der Waals surface area contributed by atoms with Crippen LogP contribution in [0, 0.1) is 5.41 Å². The van der Waals surface area contributed by atoms with Crippen molar-refractivity contribution in [1.82, 2.24) is 10.2 Å². The van der Waals surface area contributed by atoms with Gasteiger partial charge in [0.2, 0.25) is 5.91 Å². The molecule has 28 heavy (non-hydrogen) atoms. The summed E-state index contributed by atoms with van der Waals surface area (Å²) in [4.78, 5) is 16.1. The van der Waals surface area contributed by atoms with Crippen LogP contribution in [0.2, 0.25) is 0 Å². The minimum atomic E-state index is 0.0313. The van der Waals surface area contributed by atoms with Crippen molar-refractivity contribution in [1.29, 1.82) is 0 Å². The van der Waals surface area contributed by atoms with Crippen LogP contribution in [0.5, 0.6) is 11.5 Å². The SMILES string of the molecule is COc1cc2c(cc1OC)CN(C(=O)CNC(c1cccs1)C(C)(C)C)CC2. The fourth-order valence-corrected chi connectivity index (χ4v) is 4.73. The van der Waals surface area contributed by atoms with E-state index < -0.39 is 0 Å². The Labute approximate surface area is 171 Å². The Kier molecular flexibility index (Phi) is 6.30. The number of nitrogens with one attached hydrogen (secondary N) is 1. The largest absolute Gasteiger partial charge is 0.493 e. The van der Waals surface area contributed by atoms with Gasteiger partial charge in [0.1, 0.15) is 0 Å². The molecule has 1 aromatic carbocycles. The van der Waals surface area contributed by atoms with E-state index in [2.05, 4.69) is 43.6 Å². The van der Waals surface area contributed by atoms with Gasteiger partial charge in [0.05, 0.1) is 20.8 Å². The monoisotopic (exact) mass is 402 g/mol.